The number of aromatic nitrogens is 3. The first-order chi connectivity index (χ1) is 22.8. The summed E-state index contributed by atoms with van der Waals surface area (Å²) in [6.45, 7) is 0. The molecule has 10 rings (SSSR count). The van der Waals surface area contributed by atoms with Crippen LogP contribution < -0.4 is 0 Å². The van der Waals surface area contributed by atoms with E-state index < -0.39 is 0 Å². The summed E-state index contributed by atoms with van der Waals surface area (Å²) in [6.07, 6.45) is 0. The van der Waals surface area contributed by atoms with Gasteiger partial charge in [0.2, 0.25) is 0 Å². The molecule has 10 aromatic rings. The largest absolute Gasteiger partial charge is 0.455 e. The van der Waals surface area contributed by atoms with Crippen LogP contribution in [-0.4, -0.2) is 14.5 Å². The minimum atomic E-state index is 0.875. The Morgan fingerprint density at radius 1 is 0.413 bits per heavy atom. The molecule has 46 heavy (non-hydrogen) atoms. The smallest absolute Gasteiger partial charge is 0.143 e. The van der Waals surface area contributed by atoms with Gasteiger partial charge in [0.1, 0.15) is 11.2 Å². The van der Waals surface area contributed by atoms with E-state index in [1.807, 2.05) is 54.6 Å². The maximum atomic E-state index is 6.42. The predicted octanol–water partition coefficient (Wildman–Crippen LogP) is 11.1. The van der Waals surface area contributed by atoms with Gasteiger partial charge in [-0.25, -0.2) is 9.97 Å². The SMILES string of the molecule is c1ccc(-c2nc3ccccc3nc2-c2ccc(-n3c4ccccc4c4c5ccc6c7ccccc7oc6c5ccc43)cc2)cc1. The van der Waals surface area contributed by atoms with Crippen LogP contribution in [0.2, 0.25) is 0 Å². The van der Waals surface area contributed by atoms with E-state index in [-0.39, 0.29) is 0 Å². The number of furan rings is 1. The van der Waals surface area contributed by atoms with Crippen LogP contribution in [0.1, 0.15) is 0 Å². The zero-order chi connectivity index (χ0) is 30.2. The van der Waals surface area contributed by atoms with Gasteiger partial charge in [0, 0.05) is 43.7 Å². The second kappa shape index (κ2) is 9.62. The molecule has 214 valence electrons. The fourth-order valence-corrected chi connectivity index (χ4v) is 7.10. The number of fused-ring (bicyclic) bond motifs is 10. The number of para-hydroxylation sites is 4. The number of hydrogen-bond donors (Lipinski definition) is 0. The molecule has 0 aliphatic heterocycles. The van der Waals surface area contributed by atoms with Gasteiger partial charge in [0.25, 0.3) is 0 Å². The summed E-state index contributed by atoms with van der Waals surface area (Å²) in [5, 5.41) is 7.06. The molecule has 0 fully saturated rings. The predicted molar refractivity (Wildman–Crippen MR) is 190 cm³/mol. The molecule has 0 amide bonds. The highest BCUT2D eigenvalue weighted by molar-refractivity contribution is 6.26. The summed E-state index contributed by atoms with van der Waals surface area (Å²) in [5.74, 6) is 0. The summed E-state index contributed by atoms with van der Waals surface area (Å²) in [6, 6.07) is 52.9. The molecular formula is C42H25N3O. The molecule has 4 heteroatoms. The van der Waals surface area contributed by atoms with Gasteiger partial charge in [0.15, 0.2) is 0 Å². The van der Waals surface area contributed by atoms with Crippen LogP contribution >= 0.6 is 0 Å². The monoisotopic (exact) mass is 587 g/mol. The maximum absolute atomic E-state index is 6.42. The lowest BCUT2D eigenvalue weighted by Crippen LogP contribution is -1.97. The van der Waals surface area contributed by atoms with E-state index in [9.17, 15) is 0 Å². The Morgan fingerprint density at radius 3 is 1.78 bits per heavy atom. The van der Waals surface area contributed by atoms with E-state index in [4.69, 9.17) is 14.4 Å². The van der Waals surface area contributed by atoms with Gasteiger partial charge in [0.05, 0.1) is 33.5 Å². The van der Waals surface area contributed by atoms with E-state index in [0.717, 1.165) is 77.6 Å². The van der Waals surface area contributed by atoms with Gasteiger partial charge in [-0.3, -0.25) is 0 Å². The molecule has 0 radical (unpaired) electrons. The molecular weight excluding hydrogens is 562 g/mol. The highest BCUT2D eigenvalue weighted by Gasteiger charge is 2.18. The van der Waals surface area contributed by atoms with Gasteiger partial charge in [-0.05, 0) is 60.0 Å². The van der Waals surface area contributed by atoms with Crippen LogP contribution in [0.3, 0.4) is 0 Å². The molecule has 0 N–H and O–H groups in total. The second-order valence-electron chi connectivity index (χ2n) is 11.8. The Hall–Kier alpha value is -6.26. The third kappa shape index (κ3) is 3.61. The van der Waals surface area contributed by atoms with Gasteiger partial charge in [-0.2, -0.15) is 0 Å². The molecule has 3 aromatic heterocycles. The number of benzene rings is 7. The lowest BCUT2D eigenvalue weighted by atomic mass is 10.0. The van der Waals surface area contributed by atoms with Crippen molar-refractivity contribution in [2.24, 2.45) is 0 Å². The summed E-state index contributed by atoms with van der Waals surface area (Å²) >= 11 is 0. The molecule has 0 spiro atoms. The first-order valence-corrected chi connectivity index (χ1v) is 15.5. The van der Waals surface area contributed by atoms with E-state index in [1.54, 1.807) is 0 Å². The third-order valence-electron chi connectivity index (χ3n) is 9.19. The van der Waals surface area contributed by atoms with Crippen molar-refractivity contribution >= 4 is 65.6 Å². The van der Waals surface area contributed by atoms with E-state index in [1.165, 1.54) is 16.2 Å². The Bertz CT molecular complexity index is 2790. The zero-order valence-electron chi connectivity index (χ0n) is 24.7. The van der Waals surface area contributed by atoms with Crippen molar-refractivity contribution in [2.75, 3.05) is 0 Å². The summed E-state index contributed by atoms with van der Waals surface area (Å²) < 4.78 is 8.79. The van der Waals surface area contributed by atoms with Crippen LogP contribution in [-0.2, 0) is 0 Å². The average molecular weight is 588 g/mol. The lowest BCUT2D eigenvalue weighted by Gasteiger charge is -2.12. The van der Waals surface area contributed by atoms with Crippen LogP contribution in [0.5, 0.6) is 0 Å². The molecule has 0 bridgehead atoms. The van der Waals surface area contributed by atoms with Crippen molar-refractivity contribution in [1.82, 2.24) is 14.5 Å². The van der Waals surface area contributed by atoms with Gasteiger partial charge >= 0.3 is 0 Å². The van der Waals surface area contributed by atoms with Crippen molar-refractivity contribution in [3.05, 3.63) is 152 Å². The zero-order valence-corrected chi connectivity index (χ0v) is 24.7. The van der Waals surface area contributed by atoms with Gasteiger partial charge < -0.3 is 8.98 Å². The topological polar surface area (TPSA) is 43.9 Å². The van der Waals surface area contributed by atoms with Crippen molar-refractivity contribution in [1.29, 1.82) is 0 Å². The molecule has 3 heterocycles. The van der Waals surface area contributed by atoms with Crippen molar-refractivity contribution < 1.29 is 4.42 Å². The Balaban J connectivity index is 1.18. The highest BCUT2D eigenvalue weighted by atomic mass is 16.3. The quantitative estimate of drug-likeness (QED) is 0.207. The molecule has 0 unspecified atom stereocenters. The number of rotatable bonds is 3. The van der Waals surface area contributed by atoms with E-state index in [2.05, 4.69) is 102 Å². The molecule has 0 saturated heterocycles. The van der Waals surface area contributed by atoms with Crippen molar-refractivity contribution in [2.45, 2.75) is 0 Å². The van der Waals surface area contributed by atoms with Gasteiger partial charge in [-0.1, -0.05) is 97.1 Å². The molecule has 0 saturated carbocycles. The fourth-order valence-electron chi connectivity index (χ4n) is 7.10. The summed E-state index contributed by atoms with van der Waals surface area (Å²) in [7, 11) is 0. The summed E-state index contributed by atoms with van der Waals surface area (Å²) in [4.78, 5) is 10.2. The van der Waals surface area contributed by atoms with E-state index in [0.29, 0.717) is 0 Å². The number of nitrogens with zero attached hydrogens (tertiary/aromatic N) is 3. The highest BCUT2D eigenvalue weighted by Crippen LogP contribution is 2.41. The Morgan fingerprint density at radius 2 is 1.00 bits per heavy atom. The Kier molecular flexibility index (Phi) is 5.25. The van der Waals surface area contributed by atoms with Crippen molar-refractivity contribution in [3.63, 3.8) is 0 Å². The molecule has 0 atom stereocenters. The van der Waals surface area contributed by atoms with Crippen LogP contribution in [0.4, 0.5) is 0 Å². The Labute approximate surface area is 263 Å². The summed E-state index contributed by atoms with van der Waals surface area (Å²) in [5.41, 5.74) is 10.9. The molecule has 4 nitrogen and oxygen atoms in total. The maximum Gasteiger partial charge on any atom is 0.143 e. The first kappa shape index (κ1) is 25.1. The normalized spacial score (nSPS) is 11.9. The van der Waals surface area contributed by atoms with Crippen molar-refractivity contribution in [3.8, 4) is 28.2 Å². The standard InChI is InChI=1S/C42H25N3O/c1-2-10-26(11-3-1)40-41(44-35-15-7-6-14-34(35)43-40)27-18-20-28(21-19-27)45-36-16-8-4-13-33(36)39-30-22-23-31-29-12-5-9-17-38(29)46-42(31)32(30)24-25-37(39)45/h1-25H. The molecule has 7 aromatic carbocycles. The average Bonchev–Trinajstić information content (AvgIpc) is 3.68. The van der Waals surface area contributed by atoms with Crippen LogP contribution in [0, 0.1) is 0 Å². The van der Waals surface area contributed by atoms with Crippen LogP contribution in [0.25, 0.3) is 93.8 Å². The van der Waals surface area contributed by atoms with E-state index >= 15 is 0 Å². The molecule has 0 aliphatic carbocycles. The fraction of sp³-hybridized carbons (Fsp3) is 0. The number of hydrogen-bond acceptors (Lipinski definition) is 3. The van der Waals surface area contributed by atoms with Gasteiger partial charge in [-0.15, -0.1) is 0 Å². The second-order valence-corrected chi connectivity index (χ2v) is 11.8. The third-order valence-corrected chi connectivity index (χ3v) is 9.19. The van der Waals surface area contributed by atoms with Crippen LogP contribution in [0.15, 0.2) is 156 Å². The minimum Gasteiger partial charge on any atom is -0.455 e. The lowest BCUT2D eigenvalue weighted by molar-refractivity contribution is 0.672. The minimum absolute atomic E-state index is 0.875. The first-order valence-electron chi connectivity index (χ1n) is 15.5. The molecule has 0 aliphatic rings.